The predicted octanol–water partition coefficient (Wildman–Crippen LogP) is 4.88. The summed E-state index contributed by atoms with van der Waals surface area (Å²) in [5.41, 5.74) is 3.00. The third-order valence-corrected chi connectivity index (χ3v) is 5.04. The maximum absolute atomic E-state index is 12.4. The van der Waals surface area contributed by atoms with E-state index in [2.05, 4.69) is 26.6 Å². The topological polar surface area (TPSA) is 84.5 Å². The van der Waals surface area contributed by atoms with Crippen molar-refractivity contribution in [3.8, 4) is 5.75 Å². The monoisotopic (exact) mass is 494 g/mol. The second-order valence-electron chi connectivity index (χ2n) is 7.18. The molecule has 6 nitrogen and oxygen atoms in total. The first-order chi connectivity index (χ1) is 15.4. The van der Waals surface area contributed by atoms with Crippen LogP contribution in [0.25, 0.3) is 0 Å². The molecule has 32 heavy (non-hydrogen) atoms. The number of aryl methyl sites for hydroxylation is 1. The first-order valence-electron chi connectivity index (χ1n) is 10.1. The number of nitrogens with one attached hydrogen (secondary N) is 2. The highest BCUT2D eigenvalue weighted by Crippen LogP contribution is 2.16. The summed E-state index contributed by atoms with van der Waals surface area (Å²) in [5, 5.41) is 5.73. The largest absolute Gasteiger partial charge is 0.427 e. The van der Waals surface area contributed by atoms with Gasteiger partial charge in [0.05, 0.1) is 0 Å². The maximum Gasteiger partial charge on any atom is 0.308 e. The number of amides is 2. The van der Waals surface area contributed by atoms with E-state index in [1.807, 2.05) is 48.5 Å². The molecule has 0 saturated carbocycles. The van der Waals surface area contributed by atoms with Crippen LogP contribution in [0.1, 0.15) is 34.8 Å². The van der Waals surface area contributed by atoms with Crippen molar-refractivity contribution in [2.75, 3.05) is 5.32 Å². The average molecular weight is 495 g/mol. The number of esters is 1. The third kappa shape index (κ3) is 7.35. The second kappa shape index (κ2) is 11.2. The number of hydrogen-bond donors (Lipinski definition) is 2. The van der Waals surface area contributed by atoms with Crippen LogP contribution < -0.4 is 15.4 Å². The zero-order valence-corrected chi connectivity index (χ0v) is 19.1. The van der Waals surface area contributed by atoms with Gasteiger partial charge in [-0.2, -0.15) is 0 Å². The molecular formula is C25H23BrN2O4. The molecule has 3 aromatic carbocycles. The van der Waals surface area contributed by atoms with E-state index in [1.54, 1.807) is 18.2 Å². The van der Waals surface area contributed by atoms with Gasteiger partial charge in [0, 0.05) is 35.6 Å². The van der Waals surface area contributed by atoms with Gasteiger partial charge in [-0.1, -0.05) is 46.3 Å². The van der Waals surface area contributed by atoms with E-state index in [0.717, 1.165) is 15.6 Å². The van der Waals surface area contributed by atoms with E-state index in [1.165, 1.54) is 13.0 Å². The van der Waals surface area contributed by atoms with Gasteiger partial charge in [-0.25, -0.2) is 0 Å². The molecule has 2 N–H and O–H groups in total. The predicted molar refractivity (Wildman–Crippen MR) is 126 cm³/mol. The van der Waals surface area contributed by atoms with Gasteiger partial charge in [-0.15, -0.1) is 0 Å². The van der Waals surface area contributed by atoms with Gasteiger partial charge in [-0.3, -0.25) is 14.4 Å². The Morgan fingerprint density at radius 1 is 0.906 bits per heavy atom. The van der Waals surface area contributed by atoms with Crippen molar-refractivity contribution in [1.29, 1.82) is 0 Å². The van der Waals surface area contributed by atoms with Crippen molar-refractivity contribution in [3.63, 3.8) is 0 Å². The quantitative estimate of drug-likeness (QED) is 0.345. The highest BCUT2D eigenvalue weighted by atomic mass is 79.9. The summed E-state index contributed by atoms with van der Waals surface area (Å²) in [5.74, 6) is -0.494. The van der Waals surface area contributed by atoms with Crippen molar-refractivity contribution in [3.05, 3.63) is 94.0 Å². The summed E-state index contributed by atoms with van der Waals surface area (Å²) in [6, 6.07) is 21.6. The smallest absolute Gasteiger partial charge is 0.308 e. The highest BCUT2D eigenvalue weighted by Gasteiger charge is 2.09. The molecule has 164 valence electrons. The van der Waals surface area contributed by atoms with Crippen LogP contribution in [0.3, 0.4) is 0 Å². The second-order valence-corrected chi connectivity index (χ2v) is 8.10. The Labute approximate surface area is 195 Å². The lowest BCUT2D eigenvalue weighted by Crippen LogP contribution is -2.23. The summed E-state index contributed by atoms with van der Waals surface area (Å²) in [6.07, 6.45) is 1.02. The number of benzene rings is 3. The van der Waals surface area contributed by atoms with Gasteiger partial charge in [-0.05, 0) is 60.0 Å². The summed E-state index contributed by atoms with van der Waals surface area (Å²) in [6.45, 7) is 1.59. The Kier molecular flexibility index (Phi) is 8.16. The first-order valence-corrected chi connectivity index (χ1v) is 10.9. The molecule has 7 heteroatoms. The van der Waals surface area contributed by atoms with E-state index < -0.39 is 5.97 Å². The Bertz CT molecular complexity index is 1130. The van der Waals surface area contributed by atoms with Gasteiger partial charge >= 0.3 is 5.97 Å². The number of carbonyl (C=O) groups excluding carboxylic acids is 3. The number of rotatable bonds is 8. The minimum atomic E-state index is -0.446. The lowest BCUT2D eigenvalue weighted by Gasteiger charge is -2.10. The van der Waals surface area contributed by atoms with Gasteiger partial charge in [0.15, 0.2) is 0 Å². The van der Waals surface area contributed by atoms with Crippen molar-refractivity contribution in [2.24, 2.45) is 0 Å². The standard InChI is InChI=1S/C25H23BrN2O4/c1-17(29)32-23-10-4-7-20(15-23)25(31)27-16-19-6-3-9-22(14-19)28-24(30)12-11-18-5-2-8-21(26)13-18/h2-10,13-15H,11-12,16H2,1H3,(H,27,31)(H,28,30). The molecule has 0 atom stereocenters. The highest BCUT2D eigenvalue weighted by molar-refractivity contribution is 9.10. The van der Waals surface area contributed by atoms with Gasteiger partial charge in [0.2, 0.25) is 5.91 Å². The fraction of sp³-hybridized carbons (Fsp3) is 0.160. The minimum absolute atomic E-state index is 0.0755. The van der Waals surface area contributed by atoms with E-state index in [9.17, 15) is 14.4 Å². The van der Waals surface area contributed by atoms with Crippen LogP contribution in [-0.4, -0.2) is 17.8 Å². The summed E-state index contributed by atoms with van der Waals surface area (Å²) in [4.78, 5) is 35.8. The van der Waals surface area contributed by atoms with Crippen molar-refractivity contribution < 1.29 is 19.1 Å². The van der Waals surface area contributed by atoms with Crippen LogP contribution in [0.15, 0.2) is 77.3 Å². The number of halogens is 1. The third-order valence-electron chi connectivity index (χ3n) is 4.55. The summed E-state index contributed by atoms with van der Waals surface area (Å²) >= 11 is 3.43. The number of hydrogen-bond acceptors (Lipinski definition) is 4. The zero-order chi connectivity index (χ0) is 22.9. The molecule has 2 amide bonds. The van der Waals surface area contributed by atoms with Gasteiger partial charge < -0.3 is 15.4 Å². The molecule has 3 aromatic rings. The van der Waals surface area contributed by atoms with Gasteiger partial charge in [0.25, 0.3) is 5.91 Å². The fourth-order valence-corrected chi connectivity index (χ4v) is 3.53. The molecule has 0 bridgehead atoms. The van der Waals surface area contributed by atoms with Crippen LogP contribution in [0.2, 0.25) is 0 Å². The van der Waals surface area contributed by atoms with E-state index in [4.69, 9.17) is 4.74 Å². The molecule has 0 aliphatic heterocycles. The molecule has 0 fully saturated rings. The first kappa shape index (κ1) is 23.2. The minimum Gasteiger partial charge on any atom is -0.427 e. The average Bonchev–Trinajstić information content (AvgIpc) is 2.76. The number of ether oxygens (including phenoxy) is 1. The molecule has 0 heterocycles. The van der Waals surface area contributed by atoms with Crippen LogP contribution in [0.4, 0.5) is 5.69 Å². The molecule has 0 aliphatic carbocycles. The van der Waals surface area contributed by atoms with E-state index in [0.29, 0.717) is 36.4 Å². The van der Waals surface area contributed by atoms with E-state index in [-0.39, 0.29) is 11.8 Å². The van der Waals surface area contributed by atoms with Crippen LogP contribution in [0, 0.1) is 0 Å². The van der Waals surface area contributed by atoms with Crippen molar-refractivity contribution >= 4 is 39.4 Å². The molecule has 0 unspecified atom stereocenters. The summed E-state index contributed by atoms with van der Waals surface area (Å²) < 4.78 is 6.00. The molecule has 0 spiro atoms. The van der Waals surface area contributed by atoms with Crippen molar-refractivity contribution in [1.82, 2.24) is 5.32 Å². The summed E-state index contributed by atoms with van der Waals surface area (Å²) in [7, 11) is 0. The Hall–Kier alpha value is -3.45. The molecule has 0 radical (unpaired) electrons. The molecule has 0 aliphatic rings. The zero-order valence-electron chi connectivity index (χ0n) is 17.6. The lowest BCUT2D eigenvalue weighted by molar-refractivity contribution is -0.131. The molecular weight excluding hydrogens is 472 g/mol. The van der Waals surface area contributed by atoms with Crippen LogP contribution in [0.5, 0.6) is 5.75 Å². The lowest BCUT2D eigenvalue weighted by atomic mass is 10.1. The Morgan fingerprint density at radius 3 is 2.44 bits per heavy atom. The SMILES string of the molecule is CC(=O)Oc1cccc(C(=O)NCc2cccc(NC(=O)CCc3cccc(Br)c3)c2)c1. The number of anilines is 1. The van der Waals surface area contributed by atoms with E-state index >= 15 is 0 Å². The Morgan fingerprint density at radius 2 is 1.66 bits per heavy atom. The van der Waals surface area contributed by atoms with Crippen LogP contribution >= 0.6 is 15.9 Å². The maximum atomic E-state index is 12.4. The van der Waals surface area contributed by atoms with Crippen LogP contribution in [-0.2, 0) is 22.6 Å². The molecule has 0 aromatic heterocycles. The Balaban J connectivity index is 1.52. The molecule has 0 saturated heterocycles. The fourth-order valence-electron chi connectivity index (χ4n) is 3.08. The molecule has 3 rings (SSSR count). The van der Waals surface area contributed by atoms with Crippen molar-refractivity contribution in [2.45, 2.75) is 26.3 Å². The number of carbonyl (C=O) groups is 3. The normalized spacial score (nSPS) is 10.3. The van der Waals surface area contributed by atoms with Gasteiger partial charge in [0.1, 0.15) is 5.75 Å².